The highest BCUT2D eigenvalue weighted by molar-refractivity contribution is 7.47. The first kappa shape index (κ1) is 55.7. The monoisotopic (exact) mass is 838 g/mol. The largest absolute Gasteiger partial charge is 0.480 e. The van der Waals surface area contributed by atoms with Gasteiger partial charge in [0.2, 0.25) is 0 Å². The molecule has 0 radical (unpaired) electrons. The Hall–Kier alpha value is -2.33. The van der Waals surface area contributed by atoms with Gasteiger partial charge in [0.15, 0.2) is 0 Å². The number of carbonyl (C=O) groups is 2. The van der Waals surface area contributed by atoms with Crippen molar-refractivity contribution < 1.29 is 42.7 Å². The van der Waals surface area contributed by atoms with E-state index in [-0.39, 0.29) is 13.0 Å². The maximum Gasteiger partial charge on any atom is 0.472 e. The van der Waals surface area contributed by atoms with Crippen LogP contribution in [0.2, 0.25) is 0 Å². The third kappa shape index (κ3) is 41.8. The Bertz CT molecular complexity index is 1150. The lowest BCUT2D eigenvalue weighted by Gasteiger charge is -2.20. The van der Waals surface area contributed by atoms with E-state index in [4.69, 9.17) is 29.4 Å². The summed E-state index contributed by atoms with van der Waals surface area (Å²) < 4.78 is 33.4. The van der Waals surface area contributed by atoms with Crippen molar-refractivity contribution >= 4 is 19.8 Å². The number of unbranched alkanes of at least 4 members (excludes halogenated alkanes) is 19. The molecule has 0 spiro atoms. The van der Waals surface area contributed by atoms with Gasteiger partial charge in [-0.1, -0.05) is 164 Å². The lowest BCUT2D eigenvalue weighted by atomic mass is 10.1. The molecule has 0 fully saturated rings. The minimum atomic E-state index is -4.63. The van der Waals surface area contributed by atoms with Crippen molar-refractivity contribution in [3.05, 3.63) is 60.8 Å². The predicted octanol–water partition coefficient (Wildman–Crippen LogP) is 12.8. The van der Waals surface area contributed by atoms with Crippen LogP contribution < -0.4 is 5.73 Å². The first-order chi connectivity index (χ1) is 28.2. The molecule has 0 aromatic heterocycles. The van der Waals surface area contributed by atoms with Gasteiger partial charge in [0.25, 0.3) is 0 Å². The van der Waals surface area contributed by atoms with Crippen LogP contribution in [0.4, 0.5) is 0 Å². The molecular weight excluding hydrogens is 753 g/mol. The topological polar surface area (TPSA) is 155 Å². The molecule has 0 amide bonds. The number of aliphatic carboxylic acids is 1. The van der Waals surface area contributed by atoms with Gasteiger partial charge in [-0.05, 0) is 77.0 Å². The van der Waals surface area contributed by atoms with Crippen molar-refractivity contribution in [1.29, 1.82) is 0 Å². The summed E-state index contributed by atoms with van der Waals surface area (Å²) in [6.07, 6.45) is 51.3. The van der Waals surface area contributed by atoms with Gasteiger partial charge in [-0.25, -0.2) is 4.57 Å². The molecule has 0 aliphatic carbocycles. The van der Waals surface area contributed by atoms with Crippen LogP contribution in [0.3, 0.4) is 0 Å². The summed E-state index contributed by atoms with van der Waals surface area (Å²) in [7, 11) is -4.63. The Morgan fingerprint density at radius 2 is 1.00 bits per heavy atom. The average molecular weight is 838 g/mol. The van der Waals surface area contributed by atoms with E-state index in [2.05, 4.69) is 74.6 Å². The van der Waals surface area contributed by atoms with E-state index in [9.17, 15) is 19.0 Å². The van der Waals surface area contributed by atoms with E-state index in [0.29, 0.717) is 13.0 Å². The molecule has 0 aromatic carbocycles. The summed E-state index contributed by atoms with van der Waals surface area (Å²) in [4.78, 5) is 33.6. The van der Waals surface area contributed by atoms with E-state index in [0.717, 1.165) is 89.9 Å². The third-order valence-corrected chi connectivity index (χ3v) is 10.5. The van der Waals surface area contributed by atoms with Gasteiger partial charge < -0.3 is 25.2 Å². The first-order valence-electron chi connectivity index (χ1n) is 22.8. The molecule has 4 N–H and O–H groups in total. The van der Waals surface area contributed by atoms with Crippen LogP contribution in [-0.4, -0.2) is 60.5 Å². The summed E-state index contributed by atoms with van der Waals surface area (Å²) in [6.45, 7) is 3.72. The van der Waals surface area contributed by atoms with Crippen LogP contribution in [0.15, 0.2) is 60.8 Å². The number of allylic oxidation sites excluding steroid dienone is 10. The van der Waals surface area contributed by atoms with Gasteiger partial charge in [0.1, 0.15) is 12.1 Å². The van der Waals surface area contributed by atoms with Crippen LogP contribution in [0.1, 0.15) is 187 Å². The molecule has 3 unspecified atom stereocenters. The van der Waals surface area contributed by atoms with Crippen LogP contribution in [-0.2, 0) is 32.7 Å². The second-order valence-corrected chi connectivity index (χ2v) is 16.6. The molecule has 0 aliphatic heterocycles. The number of rotatable bonds is 43. The number of hydrogen-bond acceptors (Lipinski definition) is 8. The van der Waals surface area contributed by atoms with E-state index in [1.165, 1.54) is 70.6 Å². The number of phosphoric acid groups is 1. The number of carbonyl (C=O) groups excluding carboxylic acids is 1. The van der Waals surface area contributed by atoms with Gasteiger partial charge in [-0.3, -0.25) is 18.6 Å². The van der Waals surface area contributed by atoms with E-state index >= 15 is 0 Å². The van der Waals surface area contributed by atoms with Gasteiger partial charge in [-0.2, -0.15) is 0 Å². The molecule has 58 heavy (non-hydrogen) atoms. The van der Waals surface area contributed by atoms with Crippen molar-refractivity contribution in [3.63, 3.8) is 0 Å². The molecule has 10 nitrogen and oxygen atoms in total. The average Bonchev–Trinajstić information content (AvgIpc) is 3.20. The Labute approximate surface area is 353 Å². The van der Waals surface area contributed by atoms with Crippen LogP contribution >= 0.6 is 7.82 Å². The molecule has 11 heteroatoms. The highest BCUT2D eigenvalue weighted by Gasteiger charge is 2.27. The van der Waals surface area contributed by atoms with Crippen molar-refractivity contribution in [2.24, 2.45) is 5.73 Å². The molecule has 0 saturated heterocycles. The Morgan fingerprint density at radius 3 is 1.52 bits per heavy atom. The lowest BCUT2D eigenvalue weighted by Crippen LogP contribution is -2.34. The highest BCUT2D eigenvalue weighted by atomic mass is 31.2. The van der Waals surface area contributed by atoms with Crippen molar-refractivity contribution in [2.45, 2.75) is 199 Å². The maximum atomic E-state index is 12.7. The lowest BCUT2D eigenvalue weighted by molar-refractivity contribution is -0.154. The minimum absolute atomic E-state index is 0.000520. The third-order valence-electron chi connectivity index (χ3n) is 9.53. The summed E-state index contributed by atoms with van der Waals surface area (Å²) >= 11 is 0. The van der Waals surface area contributed by atoms with Gasteiger partial charge in [-0.15, -0.1) is 0 Å². The number of carboxylic acids is 1. The van der Waals surface area contributed by atoms with Crippen LogP contribution in [0.5, 0.6) is 0 Å². The first-order valence-corrected chi connectivity index (χ1v) is 24.3. The fourth-order valence-electron chi connectivity index (χ4n) is 6.00. The number of esters is 1. The fourth-order valence-corrected chi connectivity index (χ4v) is 6.78. The second-order valence-electron chi connectivity index (χ2n) is 15.1. The van der Waals surface area contributed by atoms with Gasteiger partial charge in [0, 0.05) is 13.0 Å². The van der Waals surface area contributed by atoms with Gasteiger partial charge >= 0.3 is 19.8 Å². The molecule has 3 atom stereocenters. The Morgan fingerprint density at radius 1 is 0.569 bits per heavy atom. The Balaban J connectivity index is 4.26. The van der Waals surface area contributed by atoms with Crippen molar-refractivity contribution in [2.75, 3.05) is 26.4 Å². The van der Waals surface area contributed by atoms with Crippen LogP contribution in [0.25, 0.3) is 0 Å². The molecule has 0 heterocycles. The SMILES string of the molecule is CC/C=C\C/C=C\C/C=C\C/C=C\CCCCCCCOCC(COP(=O)(O)OCC(N)C(=O)O)OC(=O)CCCCCCCCC/C=C\CCCCCCCCC. The molecule has 0 aromatic rings. The van der Waals surface area contributed by atoms with E-state index in [1.807, 2.05) is 0 Å². The normalized spacial score (nSPS) is 14.4. The van der Waals surface area contributed by atoms with Crippen molar-refractivity contribution in [3.8, 4) is 0 Å². The zero-order valence-electron chi connectivity index (χ0n) is 36.6. The summed E-state index contributed by atoms with van der Waals surface area (Å²) in [5.74, 6) is -1.79. The van der Waals surface area contributed by atoms with E-state index < -0.39 is 45.1 Å². The maximum absolute atomic E-state index is 12.7. The zero-order chi connectivity index (χ0) is 42.6. The molecule has 0 rings (SSSR count). The molecule has 0 saturated carbocycles. The summed E-state index contributed by atoms with van der Waals surface area (Å²) in [5.41, 5.74) is 5.36. The number of nitrogens with two attached hydrogens (primary N) is 1. The molecular formula is C47H84NO9P. The smallest absolute Gasteiger partial charge is 0.472 e. The highest BCUT2D eigenvalue weighted by Crippen LogP contribution is 2.43. The zero-order valence-corrected chi connectivity index (χ0v) is 37.5. The number of hydrogen-bond donors (Lipinski definition) is 3. The number of carboxylic acid groups (broad SMARTS) is 1. The predicted molar refractivity (Wildman–Crippen MR) is 240 cm³/mol. The molecule has 336 valence electrons. The van der Waals surface area contributed by atoms with E-state index in [1.54, 1.807) is 0 Å². The molecule has 0 aliphatic rings. The quantitative estimate of drug-likeness (QED) is 0.0234. The number of ether oxygens (including phenoxy) is 2. The fraction of sp³-hybridized carbons (Fsp3) is 0.745. The minimum Gasteiger partial charge on any atom is -0.480 e. The Kier molecular flexibility index (Phi) is 41.1. The summed E-state index contributed by atoms with van der Waals surface area (Å²) in [5, 5.41) is 8.91. The van der Waals surface area contributed by atoms with Crippen LogP contribution in [0, 0.1) is 0 Å². The second kappa shape index (κ2) is 42.8. The standard InChI is InChI=1S/C47H84NO9P/c1-3-5-7-9-11-13-15-17-19-21-23-25-27-29-31-33-35-37-39-46(49)57-44(42-55-58(52,53)56-43-45(48)47(50)51)41-54-40-38-36-34-32-30-28-26-24-22-20-18-16-14-12-10-8-6-4-2/h6,8,12,14,18-21,24,26,44-45H,3-5,7,9-11,13,15-17,22-23,25,27-43,48H2,1-2H3,(H,50,51)(H,52,53)/b8-6-,14-12-,20-18-,21-19-,26-24-. The van der Waals surface area contributed by atoms with Gasteiger partial charge in [0.05, 0.1) is 19.8 Å². The van der Waals surface area contributed by atoms with Crippen molar-refractivity contribution in [1.82, 2.24) is 0 Å². The molecule has 0 bridgehead atoms. The number of phosphoric ester groups is 1. The summed E-state index contributed by atoms with van der Waals surface area (Å²) in [6, 6.07) is -1.48.